The first-order valence-corrected chi connectivity index (χ1v) is 11.8. The molecule has 0 radical (unpaired) electrons. The Hall–Kier alpha value is -2.41. The number of rotatable bonds is 6. The monoisotopic (exact) mass is 443 g/mol. The lowest BCUT2D eigenvalue weighted by atomic mass is 10.00. The van der Waals surface area contributed by atoms with E-state index < -0.39 is 11.6 Å². The molecule has 7 heteroatoms. The molecule has 3 rings (SSSR count). The Balaban J connectivity index is 1.73. The van der Waals surface area contributed by atoms with E-state index in [0.29, 0.717) is 11.4 Å². The molecule has 32 heavy (non-hydrogen) atoms. The highest BCUT2D eigenvalue weighted by molar-refractivity contribution is 5.88. The molecule has 0 aromatic carbocycles. The van der Waals surface area contributed by atoms with Crippen LogP contribution in [0.25, 0.3) is 6.08 Å². The van der Waals surface area contributed by atoms with Crippen molar-refractivity contribution in [1.82, 2.24) is 9.88 Å². The first-order chi connectivity index (χ1) is 15.2. The summed E-state index contributed by atoms with van der Waals surface area (Å²) in [5.41, 5.74) is 0.0692. The normalized spacial score (nSPS) is 20.9. The fourth-order valence-corrected chi connectivity index (χ4v) is 4.65. The lowest BCUT2D eigenvalue weighted by Crippen LogP contribution is -2.45. The summed E-state index contributed by atoms with van der Waals surface area (Å²) < 4.78 is 5.71. The summed E-state index contributed by atoms with van der Waals surface area (Å²) in [5, 5.41) is 8.82. The summed E-state index contributed by atoms with van der Waals surface area (Å²) in [6.45, 7) is 8.49. The fourth-order valence-electron chi connectivity index (χ4n) is 4.65. The predicted octanol–water partition coefficient (Wildman–Crippen LogP) is 4.97. The van der Waals surface area contributed by atoms with E-state index in [9.17, 15) is 9.59 Å². The van der Waals surface area contributed by atoms with Crippen molar-refractivity contribution in [1.29, 1.82) is 0 Å². The van der Waals surface area contributed by atoms with Crippen molar-refractivity contribution < 1.29 is 19.4 Å². The topological polar surface area (TPSA) is 83.0 Å². The van der Waals surface area contributed by atoms with Crippen LogP contribution in [0.1, 0.15) is 71.3 Å². The molecule has 1 atom stereocenters. The average Bonchev–Trinajstić information content (AvgIpc) is 3.00. The number of ether oxygens (including phenoxy) is 1. The Labute approximate surface area is 191 Å². The molecule has 0 spiro atoms. The van der Waals surface area contributed by atoms with E-state index in [2.05, 4.69) is 9.88 Å². The molecule has 1 N–H and O–H groups in total. The first kappa shape index (κ1) is 24.2. The van der Waals surface area contributed by atoms with E-state index in [4.69, 9.17) is 9.84 Å². The van der Waals surface area contributed by atoms with Crippen LogP contribution in [-0.2, 0) is 9.53 Å². The van der Waals surface area contributed by atoms with Crippen molar-refractivity contribution in [2.75, 3.05) is 24.5 Å². The highest BCUT2D eigenvalue weighted by Crippen LogP contribution is 2.28. The van der Waals surface area contributed by atoms with Crippen LogP contribution in [0.5, 0.6) is 0 Å². The van der Waals surface area contributed by atoms with Gasteiger partial charge in [0, 0.05) is 31.9 Å². The van der Waals surface area contributed by atoms with Gasteiger partial charge >= 0.3 is 12.1 Å². The van der Waals surface area contributed by atoms with Gasteiger partial charge in [0.25, 0.3) is 0 Å². The van der Waals surface area contributed by atoms with Crippen LogP contribution < -0.4 is 4.90 Å². The van der Waals surface area contributed by atoms with Gasteiger partial charge in [-0.15, -0.1) is 0 Å². The zero-order valence-electron chi connectivity index (χ0n) is 19.6. The molecule has 1 aromatic heterocycles. The van der Waals surface area contributed by atoms with Gasteiger partial charge in [-0.05, 0) is 69.7 Å². The molecule has 1 aliphatic carbocycles. The molecule has 0 unspecified atom stereocenters. The van der Waals surface area contributed by atoms with Crippen molar-refractivity contribution in [2.24, 2.45) is 5.92 Å². The maximum Gasteiger partial charge on any atom is 0.416 e. The van der Waals surface area contributed by atoms with Crippen molar-refractivity contribution in [3.8, 4) is 0 Å². The molecule has 2 heterocycles. The van der Waals surface area contributed by atoms with Gasteiger partial charge in [0.1, 0.15) is 11.4 Å². The summed E-state index contributed by atoms with van der Waals surface area (Å²) >= 11 is 0. The van der Waals surface area contributed by atoms with Gasteiger partial charge in [0.15, 0.2) is 0 Å². The molecule has 2 fully saturated rings. The smallest absolute Gasteiger partial charge is 0.416 e. The number of amides is 1. The summed E-state index contributed by atoms with van der Waals surface area (Å²) in [4.78, 5) is 32.5. The summed E-state index contributed by atoms with van der Waals surface area (Å²) in [6, 6.07) is 3.54. The van der Waals surface area contributed by atoms with Gasteiger partial charge in [-0.3, -0.25) is 4.90 Å². The Morgan fingerprint density at radius 3 is 2.50 bits per heavy atom. The van der Waals surface area contributed by atoms with Gasteiger partial charge in [0.2, 0.25) is 0 Å². The number of pyridine rings is 1. The fraction of sp³-hybridized carbons (Fsp3) is 0.640. The van der Waals surface area contributed by atoms with Crippen LogP contribution in [0.3, 0.4) is 0 Å². The van der Waals surface area contributed by atoms with Crippen LogP contribution in [0.2, 0.25) is 0 Å². The van der Waals surface area contributed by atoms with Gasteiger partial charge in [-0.25, -0.2) is 14.6 Å². The van der Waals surface area contributed by atoms with Crippen LogP contribution in [0, 0.1) is 5.92 Å². The van der Waals surface area contributed by atoms with E-state index in [-0.39, 0.29) is 12.1 Å². The molecule has 1 aromatic rings. The van der Waals surface area contributed by atoms with E-state index in [1.807, 2.05) is 20.8 Å². The highest BCUT2D eigenvalue weighted by Gasteiger charge is 2.35. The molecular formula is C25H37N3O4. The second-order valence-corrected chi connectivity index (χ2v) is 10.0. The number of likely N-dealkylation sites (tertiary alicyclic amines) is 1. The van der Waals surface area contributed by atoms with Crippen LogP contribution >= 0.6 is 0 Å². The average molecular weight is 444 g/mol. The second-order valence-electron chi connectivity index (χ2n) is 10.0. The van der Waals surface area contributed by atoms with Crippen molar-refractivity contribution in [3.05, 3.63) is 30.0 Å². The standard InChI is InChI=1S/C25H37N3O4/c1-25(2,3)32-24(31)28(22-12-10-19(16-26-22)11-13-23(29)30)21-14-15-27(18-21)17-20-8-6-4-5-7-9-20/h10-13,16,20-21H,4-9,14-15,17-18H2,1-3H3,(H,29,30)/b13-11+/t21-/m1/s1. The number of carboxylic acids is 1. The minimum absolute atomic E-state index is 0.00328. The Morgan fingerprint density at radius 2 is 1.91 bits per heavy atom. The number of hydrogen-bond acceptors (Lipinski definition) is 5. The number of aliphatic carboxylic acids is 1. The summed E-state index contributed by atoms with van der Waals surface area (Å²) in [6.07, 6.45) is 12.6. The van der Waals surface area contributed by atoms with Crippen LogP contribution in [0.15, 0.2) is 24.4 Å². The molecule has 0 bridgehead atoms. The molecule has 176 valence electrons. The van der Waals surface area contributed by atoms with Crippen LogP contribution in [-0.4, -0.2) is 58.3 Å². The zero-order valence-corrected chi connectivity index (χ0v) is 19.6. The quantitative estimate of drug-likeness (QED) is 0.494. The third-order valence-corrected chi connectivity index (χ3v) is 6.13. The van der Waals surface area contributed by atoms with E-state index in [1.165, 1.54) is 44.6 Å². The SMILES string of the molecule is CC(C)(C)OC(=O)N(c1ccc(/C=C/C(=O)O)cn1)[C@@H]1CCN(CC2CCCCCC2)C1. The van der Waals surface area contributed by atoms with E-state index >= 15 is 0 Å². The number of carbonyl (C=O) groups excluding carboxylic acids is 1. The number of anilines is 1. The van der Waals surface area contributed by atoms with Crippen molar-refractivity contribution in [2.45, 2.75) is 77.4 Å². The molecular weight excluding hydrogens is 406 g/mol. The van der Waals surface area contributed by atoms with E-state index in [1.54, 1.807) is 23.2 Å². The Morgan fingerprint density at radius 1 is 1.19 bits per heavy atom. The molecule has 2 aliphatic rings. The Kier molecular flexibility index (Phi) is 8.29. The van der Waals surface area contributed by atoms with Gasteiger partial charge in [-0.2, -0.15) is 0 Å². The van der Waals surface area contributed by atoms with Crippen LogP contribution in [0.4, 0.5) is 10.6 Å². The minimum atomic E-state index is -1.01. The predicted molar refractivity (Wildman–Crippen MR) is 126 cm³/mol. The van der Waals surface area contributed by atoms with Gasteiger partial charge in [0.05, 0.1) is 6.04 Å². The number of nitrogens with zero attached hydrogens (tertiary/aromatic N) is 3. The lowest BCUT2D eigenvalue weighted by Gasteiger charge is -2.31. The Bertz CT molecular complexity index is 792. The second kappa shape index (κ2) is 10.9. The minimum Gasteiger partial charge on any atom is -0.478 e. The number of carboxylic acid groups (broad SMARTS) is 1. The summed E-state index contributed by atoms with van der Waals surface area (Å²) in [5.74, 6) is 0.280. The van der Waals surface area contributed by atoms with Crippen molar-refractivity contribution >= 4 is 24.0 Å². The summed E-state index contributed by atoms with van der Waals surface area (Å²) in [7, 11) is 0. The molecule has 1 saturated heterocycles. The molecule has 1 aliphatic heterocycles. The third kappa shape index (κ3) is 7.33. The maximum absolute atomic E-state index is 13.1. The molecule has 7 nitrogen and oxygen atoms in total. The van der Waals surface area contributed by atoms with Crippen molar-refractivity contribution in [3.63, 3.8) is 0 Å². The first-order valence-electron chi connectivity index (χ1n) is 11.8. The van der Waals surface area contributed by atoms with Gasteiger partial charge in [-0.1, -0.05) is 25.7 Å². The highest BCUT2D eigenvalue weighted by atomic mass is 16.6. The zero-order chi connectivity index (χ0) is 23.1. The number of aromatic nitrogens is 1. The molecule has 1 amide bonds. The molecule has 1 saturated carbocycles. The van der Waals surface area contributed by atoms with E-state index in [0.717, 1.165) is 38.0 Å². The van der Waals surface area contributed by atoms with Gasteiger partial charge < -0.3 is 14.7 Å². The lowest BCUT2D eigenvalue weighted by molar-refractivity contribution is -0.131. The third-order valence-electron chi connectivity index (χ3n) is 6.13. The largest absolute Gasteiger partial charge is 0.478 e. The number of hydrogen-bond donors (Lipinski definition) is 1. The number of carbonyl (C=O) groups is 2. The maximum atomic E-state index is 13.1.